The van der Waals surface area contributed by atoms with Gasteiger partial charge < -0.3 is 4.74 Å². The number of ether oxygens (including phenoxy) is 1. The molecule has 2 N–H and O–H groups in total. The molecule has 5 nitrogen and oxygen atoms in total. The Morgan fingerprint density at radius 3 is 2.39 bits per heavy atom. The van der Waals surface area contributed by atoms with E-state index in [9.17, 15) is 14.0 Å². The minimum absolute atomic E-state index is 0.00778. The lowest BCUT2D eigenvalue weighted by Gasteiger charge is -2.10. The first kappa shape index (κ1) is 20.8. The lowest BCUT2D eigenvalue weighted by atomic mass is 10.1. The SMILES string of the molecule is O=C(NNC(=O)c1sc2cccc(F)c2c1COc1ccccc1)c1ccccc1Cl. The Balaban J connectivity index is 1.58. The van der Waals surface area contributed by atoms with Gasteiger partial charge in [0.15, 0.2) is 0 Å². The van der Waals surface area contributed by atoms with E-state index in [4.69, 9.17) is 16.3 Å². The summed E-state index contributed by atoms with van der Waals surface area (Å²) in [4.78, 5) is 25.4. The van der Waals surface area contributed by atoms with Gasteiger partial charge in [0.1, 0.15) is 23.1 Å². The fraction of sp³-hybridized carbons (Fsp3) is 0.0435. The van der Waals surface area contributed by atoms with Gasteiger partial charge in [0.05, 0.1) is 10.6 Å². The first-order valence-electron chi connectivity index (χ1n) is 9.27. The van der Waals surface area contributed by atoms with Crippen LogP contribution in [-0.2, 0) is 6.61 Å². The maximum absolute atomic E-state index is 14.6. The van der Waals surface area contributed by atoms with Crippen molar-refractivity contribution < 1.29 is 18.7 Å². The monoisotopic (exact) mass is 454 g/mol. The molecule has 0 unspecified atom stereocenters. The highest BCUT2D eigenvalue weighted by molar-refractivity contribution is 7.21. The topological polar surface area (TPSA) is 67.4 Å². The van der Waals surface area contributed by atoms with E-state index >= 15 is 0 Å². The number of carbonyl (C=O) groups excluding carboxylic acids is 2. The zero-order chi connectivity index (χ0) is 21.8. The zero-order valence-corrected chi connectivity index (χ0v) is 17.6. The third-order valence-electron chi connectivity index (χ3n) is 4.50. The molecule has 1 aromatic heterocycles. The summed E-state index contributed by atoms with van der Waals surface area (Å²) in [5, 5.41) is 0.584. The van der Waals surface area contributed by atoms with Crippen LogP contribution in [0.15, 0.2) is 72.8 Å². The van der Waals surface area contributed by atoms with Crippen LogP contribution in [0, 0.1) is 5.82 Å². The molecule has 0 saturated heterocycles. The van der Waals surface area contributed by atoms with Gasteiger partial charge in [0.2, 0.25) is 0 Å². The van der Waals surface area contributed by atoms with E-state index in [1.165, 1.54) is 12.1 Å². The molecule has 31 heavy (non-hydrogen) atoms. The first-order chi connectivity index (χ1) is 15.0. The number of carbonyl (C=O) groups is 2. The van der Waals surface area contributed by atoms with Crippen LogP contribution in [0.3, 0.4) is 0 Å². The van der Waals surface area contributed by atoms with E-state index in [2.05, 4.69) is 10.9 Å². The molecule has 0 atom stereocenters. The summed E-state index contributed by atoms with van der Waals surface area (Å²) < 4.78 is 20.9. The van der Waals surface area contributed by atoms with Crippen molar-refractivity contribution >= 4 is 44.8 Å². The molecule has 0 radical (unpaired) electrons. The molecule has 0 aliphatic rings. The third-order valence-corrected chi connectivity index (χ3v) is 6.03. The average Bonchev–Trinajstić information content (AvgIpc) is 3.17. The van der Waals surface area contributed by atoms with Gasteiger partial charge in [-0.3, -0.25) is 20.4 Å². The largest absolute Gasteiger partial charge is 0.489 e. The number of para-hydroxylation sites is 1. The number of fused-ring (bicyclic) bond motifs is 1. The van der Waals surface area contributed by atoms with Crippen LogP contribution in [0.5, 0.6) is 5.75 Å². The number of nitrogens with one attached hydrogen (secondary N) is 2. The van der Waals surface area contributed by atoms with Crippen molar-refractivity contribution in [2.24, 2.45) is 0 Å². The molecule has 0 fully saturated rings. The summed E-state index contributed by atoms with van der Waals surface area (Å²) in [6.45, 7) is -0.00778. The number of rotatable bonds is 5. The molecular formula is C23H16ClFN2O3S. The normalized spacial score (nSPS) is 10.6. The van der Waals surface area contributed by atoms with Crippen LogP contribution >= 0.6 is 22.9 Å². The zero-order valence-electron chi connectivity index (χ0n) is 16.0. The predicted molar refractivity (Wildman–Crippen MR) is 119 cm³/mol. The van der Waals surface area contributed by atoms with Crippen LogP contribution in [0.25, 0.3) is 10.1 Å². The second-order valence-corrected chi connectivity index (χ2v) is 7.97. The predicted octanol–water partition coefficient (Wildman–Crippen LogP) is 5.35. The Bertz CT molecular complexity index is 1260. The number of hydrazine groups is 1. The number of hydrogen-bond acceptors (Lipinski definition) is 4. The highest BCUT2D eigenvalue weighted by Crippen LogP contribution is 2.34. The number of thiophene rings is 1. The fourth-order valence-electron chi connectivity index (χ4n) is 3.04. The van der Waals surface area contributed by atoms with E-state index in [0.717, 1.165) is 11.3 Å². The molecular weight excluding hydrogens is 439 g/mol. The van der Waals surface area contributed by atoms with Crippen molar-refractivity contribution in [2.75, 3.05) is 0 Å². The minimum Gasteiger partial charge on any atom is -0.489 e. The van der Waals surface area contributed by atoms with Crippen LogP contribution in [0.1, 0.15) is 25.6 Å². The lowest BCUT2D eigenvalue weighted by molar-refractivity contribution is 0.0848. The van der Waals surface area contributed by atoms with Crippen molar-refractivity contribution in [3.8, 4) is 5.75 Å². The molecule has 4 aromatic rings. The fourth-order valence-corrected chi connectivity index (χ4v) is 4.38. The first-order valence-corrected chi connectivity index (χ1v) is 10.5. The molecule has 156 valence electrons. The Kier molecular flexibility index (Phi) is 6.16. The summed E-state index contributed by atoms with van der Waals surface area (Å²) >= 11 is 7.14. The van der Waals surface area contributed by atoms with Gasteiger partial charge >= 0.3 is 0 Å². The van der Waals surface area contributed by atoms with Crippen molar-refractivity contribution in [1.82, 2.24) is 10.9 Å². The van der Waals surface area contributed by atoms with Gasteiger partial charge in [0.25, 0.3) is 11.8 Å². The van der Waals surface area contributed by atoms with E-state index in [1.807, 2.05) is 18.2 Å². The van der Waals surface area contributed by atoms with Crippen molar-refractivity contribution in [2.45, 2.75) is 6.61 Å². The van der Waals surface area contributed by atoms with E-state index in [0.29, 0.717) is 21.4 Å². The van der Waals surface area contributed by atoms with Gasteiger partial charge in [-0.25, -0.2) is 4.39 Å². The number of halogens is 2. The quantitative estimate of drug-likeness (QED) is 0.399. The summed E-state index contributed by atoms with van der Waals surface area (Å²) in [5.41, 5.74) is 5.36. The highest BCUT2D eigenvalue weighted by atomic mass is 35.5. The maximum Gasteiger partial charge on any atom is 0.280 e. The highest BCUT2D eigenvalue weighted by Gasteiger charge is 2.22. The Morgan fingerprint density at radius 2 is 1.61 bits per heavy atom. The molecule has 0 bridgehead atoms. The molecule has 3 aromatic carbocycles. The summed E-state index contributed by atoms with van der Waals surface area (Å²) in [6, 6.07) is 20.2. The van der Waals surface area contributed by atoms with Gasteiger partial charge in [0, 0.05) is 15.6 Å². The average molecular weight is 455 g/mol. The molecule has 2 amide bonds. The molecule has 0 aliphatic heterocycles. The van der Waals surface area contributed by atoms with E-state index in [1.54, 1.807) is 42.5 Å². The van der Waals surface area contributed by atoms with Crippen molar-refractivity contribution in [3.63, 3.8) is 0 Å². The van der Waals surface area contributed by atoms with E-state index < -0.39 is 17.6 Å². The lowest BCUT2D eigenvalue weighted by Crippen LogP contribution is -2.41. The molecule has 4 rings (SSSR count). The maximum atomic E-state index is 14.6. The van der Waals surface area contributed by atoms with Gasteiger partial charge in [-0.05, 0) is 36.4 Å². The Labute approximate surface area is 186 Å². The van der Waals surface area contributed by atoms with Crippen LogP contribution in [-0.4, -0.2) is 11.8 Å². The number of hydrogen-bond donors (Lipinski definition) is 2. The van der Waals surface area contributed by atoms with Crippen LogP contribution < -0.4 is 15.6 Å². The molecule has 0 saturated carbocycles. The van der Waals surface area contributed by atoms with Crippen molar-refractivity contribution in [3.05, 3.63) is 99.6 Å². The summed E-state index contributed by atoms with van der Waals surface area (Å²) in [5.74, 6) is -0.989. The van der Waals surface area contributed by atoms with Gasteiger partial charge in [-0.15, -0.1) is 11.3 Å². The number of amides is 2. The molecule has 0 aliphatic carbocycles. The minimum atomic E-state index is -0.576. The Hall–Kier alpha value is -3.42. The van der Waals surface area contributed by atoms with Crippen LogP contribution in [0.4, 0.5) is 4.39 Å². The van der Waals surface area contributed by atoms with Gasteiger partial charge in [-0.1, -0.05) is 48.0 Å². The Morgan fingerprint density at radius 1 is 0.903 bits per heavy atom. The molecule has 1 heterocycles. The van der Waals surface area contributed by atoms with E-state index in [-0.39, 0.29) is 22.1 Å². The van der Waals surface area contributed by atoms with Crippen LogP contribution in [0.2, 0.25) is 5.02 Å². The second-order valence-electron chi connectivity index (χ2n) is 6.51. The standard InChI is InChI=1S/C23H16ClFN2O3S/c24-17-10-5-4-9-15(17)22(28)26-27-23(29)21-16(13-30-14-7-2-1-3-8-14)20-18(25)11-6-12-19(20)31-21/h1-12H,13H2,(H,26,28)(H,27,29). The number of benzene rings is 3. The van der Waals surface area contributed by atoms with Crippen molar-refractivity contribution in [1.29, 1.82) is 0 Å². The summed E-state index contributed by atoms with van der Waals surface area (Å²) in [6.07, 6.45) is 0. The molecule has 0 spiro atoms. The third kappa shape index (κ3) is 4.52. The summed E-state index contributed by atoms with van der Waals surface area (Å²) in [7, 11) is 0. The smallest absolute Gasteiger partial charge is 0.280 e. The molecule has 8 heteroatoms. The van der Waals surface area contributed by atoms with Gasteiger partial charge in [-0.2, -0.15) is 0 Å². The second kappa shape index (κ2) is 9.16.